The maximum atomic E-state index is 13.7. The van der Waals surface area contributed by atoms with Gasteiger partial charge < -0.3 is 38.1 Å². The first-order chi connectivity index (χ1) is 26.5. The molecule has 4 heterocycles. The number of cyclic esters (lactones) is 1. The zero-order valence-electron chi connectivity index (χ0n) is 31.8. The lowest BCUT2D eigenvalue weighted by Gasteiger charge is -2.42. The zero-order valence-corrected chi connectivity index (χ0v) is 33.6. The molecule has 0 spiro atoms. The van der Waals surface area contributed by atoms with Gasteiger partial charge in [0.05, 0.1) is 75.1 Å². The van der Waals surface area contributed by atoms with Gasteiger partial charge in [0.1, 0.15) is 19.8 Å². The summed E-state index contributed by atoms with van der Waals surface area (Å²) in [6.45, 7) is 9.61. The molecule has 0 aromatic carbocycles. The van der Waals surface area contributed by atoms with E-state index in [0.29, 0.717) is 60.2 Å². The molecule has 1 amide bonds. The van der Waals surface area contributed by atoms with Crippen molar-refractivity contribution in [3.63, 3.8) is 0 Å². The van der Waals surface area contributed by atoms with Gasteiger partial charge in [-0.3, -0.25) is 24.2 Å². The monoisotopic (exact) mass is 806 g/mol. The number of amides is 1. The highest BCUT2D eigenvalue weighted by Crippen LogP contribution is 2.47. The third-order valence-corrected chi connectivity index (χ3v) is 10.5. The lowest BCUT2D eigenvalue weighted by atomic mass is 9.78. The maximum absolute atomic E-state index is 13.7. The number of thiol groups is 2. The van der Waals surface area contributed by atoms with Gasteiger partial charge in [0.25, 0.3) is 5.91 Å². The Kier molecular flexibility index (Phi) is 18.0. The molecule has 3 aliphatic rings. The van der Waals surface area contributed by atoms with Crippen molar-refractivity contribution in [1.82, 2.24) is 9.88 Å². The number of esters is 4. The van der Waals surface area contributed by atoms with Crippen LogP contribution in [0.5, 0.6) is 0 Å². The van der Waals surface area contributed by atoms with Crippen molar-refractivity contribution in [2.24, 2.45) is 0 Å². The van der Waals surface area contributed by atoms with Crippen LogP contribution in [-0.2, 0) is 63.7 Å². The van der Waals surface area contributed by atoms with Crippen LogP contribution in [0, 0.1) is 0 Å². The summed E-state index contributed by atoms with van der Waals surface area (Å²) in [7, 11) is 0. The number of hydrogen-bond donors (Lipinski definition) is 2. The minimum Gasteiger partial charge on any atom is -0.463 e. The lowest BCUT2D eigenvalue weighted by molar-refractivity contribution is -0.182. The van der Waals surface area contributed by atoms with E-state index in [4.69, 9.17) is 38.1 Å². The van der Waals surface area contributed by atoms with Crippen molar-refractivity contribution in [2.45, 2.75) is 95.1 Å². The van der Waals surface area contributed by atoms with Gasteiger partial charge >= 0.3 is 23.9 Å². The summed E-state index contributed by atoms with van der Waals surface area (Å²) in [4.78, 5) is 70.5. The normalized spacial score (nSPS) is 19.7. The number of rotatable bonds is 24. The van der Waals surface area contributed by atoms with Crippen LogP contribution >= 0.6 is 25.3 Å². The van der Waals surface area contributed by atoms with Crippen LogP contribution in [0.1, 0.15) is 88.9 Å². The third-order valence-electron chi connectivity index (χ3n) is 9.71. The molecule has 0 aliphatic carbocycles. The Bertz CT molecular complexity index is 1670. The fourth-order valence-electron chi connectivity index (χ4n) is 6.75. The average molecular weight is 807 g/mol. The molecule has 0 N–H and O–H groups in total. The van der Waals surface area contributed by atoms with Gasteiger partial charge in [0.2, 0.25) is 5.60 Å². The molecular formula is C39H54N2O12S2. The minimum atomic E-state index is -1.79. The number of nitrogens with zero attached hydrogens (tertiary/aromatic N) is 2. The molecule has 4 rings (SSSR count). The molecule has 16 heteroatoms. The Labute approximate surface area is 333 Å². The predicted molar refractivity (Wildman–Crippen MR) is 207 cm³/mol. The number of unbranched alkanes of at least 4 members (excludes halogenated alkanes) is 1. The Morgan fingerprint density at radius 2 is 1.58 bits per heavy atom. The van der Waals surface area contributed by atoms with Gasteiger partial charge in [-0.1, -0.05) is 26.0 Å². The second-order valence-electron chi connectivity index (χ2n) is 13.4. The molecule has 14 nitrogen and oxygen atoms in total. The van der Waals surface area contributed by atoms with E-state index in [1.807, 2.05) is 19.1 Å². The van der Waals surface area contributed by atoms with Crippen LogP contribution in [0.2, 0.25) is 0 Å². The Morgan fingerprint density at radius 3 is 2.20 bits per heavy atom. The van der Waals surface area contributed by atoms with Gasteiger partial charge in [-0.25, -0.2) is 4.79 Å². The van der Waals surface area contributed by atoms with Crippen molar-refractivity contribution in [3.05, 3.63) is 39.0 Å². The Hall–Kier alpha value is -3.44. The highest BCUT2D eigenvalue weighted by molar-refractivity contribution is 7.81. The molecular weight excluding hydrogens is 753 g/mol. The first-order valence-corrected chi connectivity index (χ1v) is 20.1. The second kappa shape index (κ2) is 22.3. The van der Waals surface area contributed by atoms with E-state index in [1.165, 1.54) is 0 Å². The van der Waals surface area contributed by atoms with Gasteiger partial charge in [-0.2, -0.15) is 25.3 Å². The summed E-state index contributed by atoms with van der Waals surface area (Å²) >= 11 is 8.68. The third kappa shape index (κ3) is 12.3. The molecule has 3 atom stereocenters. The summed E-state index contributed by atoms with van der Waals surface area (Å²) < 4.78 is 37.8. The summed E-state index contributed by atoms with van der Waals surface area (Å²) in [5, 5.41) is 1.80. The molecule has 0 bridgehead atoms. The second-order valence-corrected chi connectivity index (χ2v) is 14.6. The number of carbonyl (C=O) groups excluding carboxylic acids is 5. The Balaban J connectivity index is 1.07. The zero-order chi connectivity index (χ0) is 39.8. The summed E-state index contributed by atoms with van der Waals surface area (Å²) in [6, 6.07) is 1.54. The van der Waals surface area contributed by atoms with E-state index in [-0.39, 0.29) is 77.2 Å². The highest BCUT2D eigenvalue weighted by atomic mass is 32.1. The molecule has 3 unspecified atom stereocenters. The van der Waals surface area contributed by atoms with Crippen molar-refractivity contribution in [2.75, 3.05) is 65.2 Å². The summed E-state index contributed by atoms with van der Waals surface area (Å²) in [6.07, 6.45) is 5.60. The van der Waals surface area contributed by atoms with Crippen LogP contribution in [0.4, 0.5) is 0 Å². The molecule has 0 radical (unpaired) electrons. The molecule has 55 heavy (non-hydrogen) atoms. The predicted octanol–water partition coefficient (Wildman–Crippen LogP) is 2.72. The largest absolute Gasteiger partial charge is 0.463 e. The molecule has 1 aromatic rings. The number of hydrogen-bond acceptors (Lipinski definition) is 15. The number of aromatic nitrogens is 1. The maximum Gasteiger partial charge on any atom is 0.355 e. The number of carbonyl (C=O) groups is 5. The standard InChI is InChI=1S/C39H54N2O12S2/c1-4-27-22-28-24-41-32(36(28)40-26(27)3)23-31-30(37(41)45)25-52-38(46)39(31,5-2)53-35(44)11-10-34(43)51-20-18-49-16-14-47-13-15-48-17-19-50-33(42)9-7-6-8-29(55)12-21-54/h4,22,29,32,54-55H,3,5-21,23-25H2,1-2H3. The number of fused-ring (bicyclic) bond motifs is 3. The van der Waals surface area contributed by atoms with E-state index in [9.17, 15) is 24.0 Å². The summed E-state index contributed by atoms with van der Waals surface area (Å²) in [5.74, 6) is -1.89. The fourth-order valence-corrected chi connectivity index (χ4v) is 7.57. The van der Waals surface area contributed by atoms with Crippen LogP contribution < -0.4 is 10.6 Å². The van der Waals surface area contributed by atoms with Crippen LogP contribution in [0.25, 0.3) is 12.7 Å². The van der Waals surface area contributed by atoms with E-state index in [1.54, 1.807) is 11.8 Å². The van der Waals surface area contributed by atoms with Gasteiger partial charge in [-0.15, -0.1) is 0 Å². The number of ether oxygens (including phenoxy) is 7. The van der Waals surface area contributed by atoms with E-state index in [0.717, 1.165) is 42.2 Å². The van der Waals surface area contributed by atoms with Gasteiger partial charge in [0, 0.05) is 18.2 Å². The van der Waals surface area contributed by atoms with Crippen LogP contribution in [-0.4, -0.2) is 116 Å². The fraction of sp³-hybridized carbons (Fsp3) is 0.641. The molecule has 3 aliphatic heterocycles. The average Bonchev–Trinajstić information content (AvgIpc) is 3.52. The van der Waals surface area contributed by atoms with Gasteiger partial charge in [0.15, 0.2) is 0 Å². The lowest BCUT2D eigenvalue weighted by Crippen LogP contribution is -2.54. The molecule has 0 fully saturated rings. The summed E-state index contributed by atoms with van der Waals surface area (Å²) in [5.41, 5.74) is 0.545. The van der Waals surface area contributed by atoms with E-state index in [2.05, 4.69) is 31.8 Å². The quantitative estimate of drug-likeness (QED) is 0.0679. The first-order valence-electron chi connectivity index (χ1n) is 19.0. The van der Waals surface area contributed by atoms with Crippen LogP contribution in [0.15, 0.2) is 17.2 Å². The first kappa shape index (κ1) is 44.3. The van der Waals surface area contributed by atoms with Crippen LogP contribution in [0.3, 0.4) is 0 Å². The van der Waals surface area contributed by atoms with Crippen molar-refractivity contribution < 1.29 is 57.1 Å². The van der Waals surface area contributed by atoms with Crippen molar-refractivity contribution in [3.8, 4) is 0 Å². The SMILES string of the molecule is C=c1nc2c(cc1=CC)CN1C(=O)C3=C(CC21)C(CC)(OC(=O)CCC(=O)OCCOCCOCCOCCOC(=O)CCCCC(S)CCS)C(=O)OC3. The molecule has 0 saturated heterocycles. The molecule has 304 valence electrons. The smallest absolute Gasteiger partial charge is 0.355 e. The van der Waals surface area contributed by atoms with Crippen molar-refractivity contribution in [1.29, 1.82) is 0 Å². The minimum absolute atomic E-state index is 0.0226. The van der Waals surface area contributed by atoms with E-state index < -0.39 is 29.6 Å². The van der Waals surface area contributed by atoms with E-state index >= 15 is 0 Å². The molecule has 0 saturated carbocycles. The van der Waals surface area contributed by atoms with Crippen molar-refractivity contribution >= 4 is 67.7 Å². The highest BCUT2D eigenvalue weighted by Gasteiger charge is 2.55. The van der Waals surface area contributed by atoms with Gasteiger partial charge in [-0.05, 0) is 67.2 Å². The topological polar surface area (TPSA) is 166 Å². The molecule has 1 aromatic heterocycles. The Morgan fingerprint density at radius 1 is 0.964 bits per heavy atom. The number of pyridine rings is 1.